The number of benzene rings is 1. The SMILES string of the molecule is Cc1ncc(C(=O)Nc2ccc(CN3CCCCC3C)cc2)[nH]1. The molecule has 1 unspecified atom stereocenters. The van der Waals surface area contributed by atoms with Crippen LogP contribution in [0.2, 0.25) is 0 Å². The zero-order valence-corrected chi connectivity index (χ0v) is 13.8. The zero-order chi connectivity index (χ0) is 16.2. The summed E-state index contributed by atoms with van der Waals surface area (Å²) in [5.74, 6) is 0.573. The minimum atomic E-state index is -0.164. The Labute approximate surface area is 137 Å². The summed E-state index contributed by atoms with van der Waals surface area (Å²) in [4.78, 5) is 21.6. The number of nitrogens with one attached hydrogen (secondary N) is 2. The molecule has 23 heavy (non-hydrogen) atoms. The van der Waals surface area contributed by atoms with E-state index >= 15 is 0 Å². The van der Waals surface area contributed by atoms with Crippen molar-refractivity contribution in [2.24, 2.45) is 0 Å². The first-order valence-electron chi connectivity index (χ1n) is 8.28. The van der Waals surface area contributed by atoms with E-state index in [2.05, 4.69) is 39.2 Å². The molecule has 1 aromatic heterocycles. The van der Waals surface area contributed by atoms with Gasteiger partial charge in [-0.15, -0.1) is 0 Å². The monoisotopic (exact) mass is 312 g/mol. The van der Waals surface area contributed by atoms with Gasteiger partial charge in [-0.2, -0.15) is 0 Å². The number of anilines is 1. The van der Waals surface area contributed by atoms with Gasteiger partial charge in [-0.1, -0.05) is 18.6 Å². The van der Waals surface area contributed by atoms with Gasteiger partial charge >= 0.3 is 0 Å². The van der Waals surface area contributed by atoms with Crippen molar-refractivity contribution in [1.29, 1.82) is 0 Å². The van der Waals surface area contributed by atoms with Crippen LogP contribution in [0.15, 0.2) is 30.5 Å². The van der Waals surface area contributed by atoms with Crippen molar-refractivity contribution in [2.45, 2.75) is 45.7 Å². The fraction of sp³-hybridized carbons (Fsp3) is 0.444. The third kappa shape index (κ3) is 3.99. The summed E-state index contributed by atoms with van der Waals surface area (Å²) in [6, 6.07) is 8.77. The van der Waals surface area contributed by atoms with E-state index in [0.717, 1.165) is 18.1 Å². The van der Waals surface area contributed by atoms with Gasteiger partial charge in [-0.05, 0) is 50.9 Å². The highest BCUT2D eigenvalue weighted by molar-refractivity contribution is 6.02. The molecule has 0 aliphatic carbocycles. The average Bonchev–Trinajstić information content (AvgIpc) is 2.98. The highest BCUT2D eigenvalue weighted by Gasteiger charge is 2.18. The number of likely N-dealkylation sites (tertiary alicyclic amines) is 1. The third-order valence-corrected chi connectivity index (χ3v) is 4.49. The topological polar surface area (TPSA) is 61.0 Å². The molecule has 0 spiro atoms. The molecule has 1 fully saturated rings. The second kappa shape index (κ2) is 6.96. The van der Waals surface area contributed by atoms with Crippen molar-refractivity contribution in [3.63, 3.8) is 0 Å². The van der Waals surface area contributed by atoms with Crippen molar-refractivity contribution in [3.8, 4) is 0 Å². The summed E-state index contributed by atoms with van der Waals surface area (Å²) in [5, 5.41) is 2.89. The van der Waals surface area contributed by atoms with Crippen LogP contribution in [0.5, 0.6) is 0 Å². The maximum absolute atomic E-state index is 12.1. The third-order valence-electron chi connectivity index (χ3n) is 4.49. The number of carbonyl (C=O) groups is 1. The molecule has 5 heteroatoms. The average molecular weight is 312 g/mol. The Morgan fingerprint density at radius 1 is 1.35 bits per heavy atom. The van der Waals surface area contributed by atoms with E-state index in [4.69, 9.17) is 0 Å². The van der Waals surface area contributed by atoms with Crippen molar-refractivity contribution >= 4 is 11.6 Å². The normalized spacial score (nSPS) is 18.8. The molecule has 0 bridgehead atoms. The molecule has 2 N–H and O–H groups in total. The first-order valence-corrected chi connectivity index (χ1v) is 8.28. The van der Waals surface area contributed by atoms with Gasteiger partial charge in [0.1, 0.15) is 11.5 Å². The number of aryl methyl sites for hydroxylation is 1. The second-order valence-corrected chi connectivity index (χ2v) is 6.35. The first-order chi connectivity index (χ1) is 11.1. The largest absolute Gasteiger partial charge is 0.338 e. The van der Waals surface area contributed by atoms with Crippen LogP contribution in [0, 0.1) is 6.92 Å². The molecule has 2 aromatic rings. The Hall–Kier alpha value is -2.14. The predicted octanol–water partition coefficient (Wildman–Crippen LogP) is 3.34. The molecule has 1 amide bonds. The van der Waals surface area contributed by atoms with E-state index in [1.165, 1.54) is 31.4 Å². The fourth-order valence-corrected chi connectivity index (χ4v) is 3.06. The van der Waals surface area contributed by atoms with Gasteiger partial charge in [0.25, 0.3) is 5.91 Å². The van der Waals surface area contributed by atoms with Gasteiger partial charge < -0.3 is 10.3 Å². The lowest BCUT2D eigenvalue weighted by molar-refractivity contribution is 0.102. The van der Waals surface area contributed by atoms with Gasteiger partial charge in [0.2, 0.25) is 0 Å². The van der Waals surface area contributed by atoms with Gasteiger partial charge in [0.15, 0.2) is 0 Å². The molecular weight excluding hydrogens is 288 g/mol. The number of carbonyl (C=O) groups excluding carboxylic acids is 1. The van der Waals surface area contributed by atoms with Crippen LogP contribution in [0.1, 0.15) is 48.1 Å². The molecule has 0 radical (unpaired) electrons. The number of H-pyrrole nitrogens is 1. The number of aromatic amines is 1. The maximum Gasteiger partial charge on any atom is 0.273 e. The number of amides is 1. The lowest BCUT2D eigenvalue weighted by Gasteiger charge is -2.33. The van der Waals surface area contributed by atoms with Crippen LogP contribution in [0.4, 0.5) is 5.69 Å². The Bertz CT molecular complexity index is 662. The number of rotatable bonds is 4. The summed E-state index contributed by atoms with van der Waals surface area (Å²) >= 11 is 0. The number of hydrogen-bond acceptors (Lipinski definition) is 3. The molecule has 0 saturated carbocycles. The number of piperidine rings is 1. The smallest absolute Gasteiger partial charge is 0.273 e. The van der Waals surface area contributed by atoms with Crippen LogP contribution in [0.25, 0.3) is 0 Å². The molecular formula is C18H24N4O. The quantitative estimate of drug-likeness (QED) is 0.910. The summed E-state index contributed by atoms with van der Waals surface area (Å²) in [6.45, 7) is 6.29. The molecule has 2 heterocycles. The van der Waals surface area contributed by atoms with Crippen molar-refractivity contribution in [2.75, 3.05) is 11.9 Å². The van der Waals surface area contributed by atoms with Crippen LogP contribution < -0.4 is 5.32 Å². The van der Waals surface area contributed by atoms with Crippen LogP contribution in [-0.2, 0) is 6.54 Å². The van der Waals surface area contributed by atoms with Crippen LogP contribution >= 0.6 is 0 Å². The first kappa shape index (κ1) is 15.7. The molecule has 1 aromatic carbocycles. The Kier molecular flexibility index (Phi) is 4.76. The van der Waals surface area contributed by atoms with Crippen LogP contribution in [0.3, 0.4) is 0 Å². The Morgan fingerprint density at radius 2 is 2.13 bits per heavy atom. The maximum atomic E-state index is 12.1. The molecule has 5 nitrogen and oxygen atoms in total. The summed E-state index contributed by atoms with van der Waals surface area (Å²) in [6.07, 6.45) is 5.48. The summed E-state index contributed by atoms with van der Waals surface area (Å²) in [5.41, 5.74) is 2.57. The summed E-state index contributed by atoms with van der Waals surface area (Å²) < 4.78 is 0. The zero-order valence-electron chi connectivity index (χ0n) is 13.8. The standard InChI is InChI=1S/C18H24N4O/c1-13-5-3-4-10-22(13)12-15-6-8-16(9-7-15)21-18(23)17-11-19-14(2)20-17/h6-9,11,13H,3-5,10,12H2,1-2H3,(H,19,20)(H,21,23). The molecule has 1 aliphatic heterocycles. The molecule has 1 aliphatic rings. The fourth-order valence-electron chi connectivity index (χ4n) is 3.06. The number of imidazole rings is 1. The lowest BCUT2D eigenvalue weighted by atomic mass is 10.0. The molecule has 1 saturated heterocycles. The van der Waals surface area contributed by atoms with Gasteiger partial charge in [0.05, 0.1) is 6.20 Å². The number of hydrogen-bond donors (Lipinski definition) is 2. The molecule has 3 rings (SSSR count). The van der Waals surface area contributed by atoms with E-state index in [9.17, 15) is 4.79 Å². The van der Waals surface area contributed by atoms with Gasteiger partial charge in [-0.3, -0.25) is 9.69 Å². The van der Waals surface area contributed by atoms with E-state index in [1.54, 1.807) is 6.20 Å². The lowest BCUT2D eigenvalue weighted by Crippen LogP contribution is -2.36. The number of aromatic nitrogens is 2. The van der Waals surface area contributed by atoms with Gasteiger partial charge in [0, 0.05) is 18.3 Å². The van der Waals surface area contributed by atoms with E-state index in [-0.39, 0.29) is 5.91 Å². The Balaban J connectivity index is 1.59. The van der Waals surface area contributed by atoms with Crippen LogP contribution in [-0.4, -0.2) is 33.4 Å². The highest BCUT2D eigenvalue weighted by Crippen LogP contribution is 2.20. The number of nitrogens with zero attached hydrogens (tertiary/aromatic N) is 2. The Morgan fingerprint density at radius 3 is 2.78 bits per heavy atom. The minimum absolute atomic E-state index is 0.164. The van der Waals surface area contributed by atoms with E-state index in [1.807, 2.05) is 19.1 Å². The highest BCUT2D eigenvalue weighted by atomic mass is 16.1. The summed E-state index contributed by atoms with van der Waals surface area (Å²) in [7, 11) is 0. The molecule has 122 valence electrons. The van der Waals surface area contributed by atoms with Crippen molar-refractivity contribution in [1.82, 2.24) is 14.9 Å². The molecule has 1 atom stereocenters. The van der Waals surface area contributed by atoms with Crippen molar-refractivity contribution in [3.05, 3.63) is 47.5 Å². The van der Waals surface area contributed by atoms with Gasteiger partial charge in [-0.25, -0.2) is 4.98 Å². The minimum Gasteiger partial charge on any atom is -0.338 e. The van der Waals surface area contributed by atoms with E-state index < -0.39 is 0 Å². The predicted molar refractivity (Wildman–Crippen MR) is 91.4 cm³/mol. The second-order valence-electron chi connectivity index (χ2n) is 6.35. The van der Waals surface area contributed by atoms with Crippen molar-refractivity contribution < 1.29 is 4.79 Å². The van der Waals surface area contributed by atoms with E-state index in [0.29, 0.717) is 11.7 Å².